The SMILES string of the molecule is CC(=O)Nc1ccc(NS(C)(=O)=O)c(C(=O)NC2CNCCC2C)c1. The van der Waals surface area contributed by atoms with E-state index in [2.05, 4.69) is 27.6 Å². The summed E-state index contributed by atoms with van der Waals surface area (Å²) in [5.41, 5.74) is 0.756. The highest BCUT2D eigenvalue weighted by molar-refractivity contribution is 7.92. The number of carbonyl (C=O) groups excluding carboxylic acids is 2. The summed E-state index contributed by atoms with van der Waals surface area (Å²) < 4.78 is 25.5. The highest BCUT2D eigenvalue weighted by atomic mass is 32.2. The third-order valence-corrected chi connectivity index (χ3v) is 4.61. The van der Waals surface area contributed by atoms with Gasteiger partial charge in [0.1, 0.15) is 0 Å². The lowest BCUT2D eigenvalue weighted by molar-refractivity contribution is -0.114. The molecule has 8 nitrogen and oxygen atoms in total. The van der Waals surface area contributed by atoms with Crippen molar-refractivity contribution < 1.29 is 18.0 Å². The van der Waals surface area contributed by atoms with E-state index in [1.54, 1.807) is 0 Å². The van der Waals surface area contributed by atoms with Gasteiger partial charge in [-0.25, -0.2) is 8.42 Å². The zero-order valence-corrected chi connectivity index (χ0v) is 15.4. The molecule has 1 fully saturated rings. The van der Waals surface area contributed by atoms with E-state index in [9.17, 15) is 18.0 Å². The van der Waals surface area contributed by atoms with Crippen LogP contribution >= 0.6 is 0 Å². The van der Waals surface area contributed by atoms with Gasteiger partial charge in [0.05, 0.1) is 17.5 Å². The lowest BCUT2D eigenvalue weighted by atomic mass is 9.94. The largest absolute Gasteiger partial charge is 0.348 e. The van der Waals surface area contributed by atoms with Crippen LogP contribution in [0.15, 0.2) is 18.2 Å². The van der Waals surface area contributed by atoms with Crippen LogP contribution < -0.4 is 20.7 Å². The van der Waals surface area contributed by atoms with E-state index in [-0.39, 0.29) is 29.1 Å². The van der Waals surface area contributed by atoms with Crippen molar-refractivity contribution in [3.8, 4) is 0 Å². The Labute approximate surface area is 147 Å². The second kappa shape index (κ2) is 7.83. The standard InChI is InChI=1S/C16H24N4O4S/c1-10-6-7-17-9-15(10)19-16(22)13-8-12(18-11(2)21)4-5-14(13)20-25(3,23)24/h4-5,8,10,15,17,20H,6-7,9H2,1-3H3,(H,18,21)(H,19,22). The number of hydrogen-bond acceptors (Lipinski definition) is 5. The first kappa shape index (κ1) is 19.2. The van der Waals surface area contributed by atoms with Gasteiger partial charge in [0, 0.05) is 25.2 Å². The smallest absolute Gasteiger partial charge is 0.253 e. The molecule has 0 aliphatic carbocycles. The highest BCUT2D eigenvalue weighted by Gasteiger charge is 2.24. The topological polar surface area (TPSA) is 116 Å². The molecule has 9 heteroatoms. The van der Waals surface area contributed by atoms with Crippen molar-refractivity contribution >= 4 is 33.2 Å². The van der Waals surface area contributed by atoms with Gasteiger partial charge in [-0.15, -0.1) is 0 Å². The molecule has 2 rings (SSSR count). The summed E-state index contributed by atoms with van der Waals surface area (Å²) in [4.78, 5) is 24.0. The van der Waals surface area contributed by atoms with E-state index in [4.69, 9.17) is 0 Å². The van der Waals surface area contributed by atoms with Crippen LogP contribution in [0.2, 0.25) is 0 Å². The van der Waals surface area contributed by atoms with Crippen molar-refractivity contribution in [2.75, 3.05) is 29.4 Å². The summed E-state index contributed by atoms with van der Waals surface area (Å²) in [6.45, 7) is 4.99. The van der Waals surface area contributed by atoms with Gasteiger partial charge in [-0.1, -0.05) is 6.92 Å². The van der Waals surface area contributed by atoms with Crippen LogP contribution in [0.5, 0.6) is 0 Å². The third kappa shape index (κ3) is 5.71. The molecule has 0 bridgehead atoms. The van der Waals surface area contributed by atoms with Gasteiger partial charge >= 0.3 is 0 Å². The fraction of sp³-hybridized carbons (Fsp3) is 0.500. The molecule has 2 atom stereocenters. The van der Waals surface area contributed by atoms with Crippen LogP contribution in [0, 0.1) is 5.92 Å². The average Bonchev–Trinajstić information content (AvgIpc) is 2.49. The summed E-state index contributed by atoms with van der Waals surface area (Å²) >= 11 is 0. The first-order valence-corrected chi connectivity index (χ1v) is 9.96. The first-order chi connectivity index (χ1) is 11.7. The Hall–Kier alpha value is -2.13. The van der Waals surface area contributed by atoms with E-state index in [1.165, 1.54) is 25.1 Å². The Morgan fingerprint density at radius 1 is 1.28 bits per heavy atom. The van der Waals surface area contributed by atoms with Crippen LogP contribution in [0.4, 0.5) is 11.4 Å². The number of hydrogen-bond donors (Lipinski definition) is 4. The Kier molecular flexibility index (Phi) is 6.02. The number of carbonyl (C=O) groups is 2. The molecule has 138 valence electrons. The van der Waals surface area contributed by atoms with Crippen LogP contribution in [-0.2, 0) is 14.8 Å². The molecule has 0 spiro atoms. The number of anilines is 2. The number of nitrogens with one attached hydrogen (secondary N) is 4. The summed E-state index contributed by atoms with van der Waals surface area (Å²) in [6, 6.07) is 4.42. The Balaban J connectivity index is 2.29. The van der Waals surface area contributed by atoms with Gasteiger partial charge in [-0.3, -0.25) is 14.3 Å². The van der Waals surface area contributed by atoms with Gasteiger partial charge in [-0.05, 0) is 37.1 Å². The van der Waals surface area contributed by atoms with Crippen molar-refractivity contribution in [3.05, 3.63) is 23.8 Å². The number of piperidine rings is 1. The summed E-state index contributed by atoms with van der Waals surface area (Å²) in [6.07, 6.45) is 1.97. The predicted molar refractivity (Wildman–Crippen MR) is 97.1 cm³/mol. The van der Waals surface area contributed by atoms with E-state index in [1.807, 2.05) is 0 Å². The fourth-order valence-corrected chi connectivity index (χ4v) is 3.31. The molecule has 0 saturated carbocycles. The molecule has 1 saturated heterocycles. The monoisotopic (exact) mass is 368 g/mol. The van der Waals surface area contributed by atoms with E-state index in [0.717, 1.165) is 19.2 Å². The second-order valence-electron chi connectivity index (χ2n) is 6.37. The zero-order chi connectivity index (χ0) is 18.6. The maximum absolute atomic E-state index is 12.7. The van der Waals surface area contributed by atoms with E-state index in [0.29, 0.717) is 18.2 Å². The lowest BCUT2D eigenvalue weighted by Crippen LogP contribution is -2.50. The molecule has 0 aromatic heterocycles. The summed E-state index contributed by atoms with van der Waals surface area (Å²) in [7, 11) is -3.54. The number of rotatable bonds is 5. The minimum atomic E-state index is -3.54. The number of sulfonamides is 1. The fourth-order valence-electron chi connectivity index (χ4n) is 2.73. The van der Waals surface area contributed by atoms with Crippen molar-refractivity contribution in [1.29, 1.82) is 0 Å². The maximum atomic E-state index is 12.7. The van der Waals surface area contributed by atoms with Crippen LogP contribution in [0.3, 0.4) is 0 Å². The van der Waals surface area contributed by atoms with E-state index >= 15 is 0 Å². The van der Waals surface area contributed by atoms with Gasteiger partial charge < -0.3 is 16.0 Å². The molecule has 25 heavy (non-hydrogen) atoms. The molecule has 1 aliphatic heterocycles. The average molecular weight is 368 g/mol. The quantitative estimate of drug-likeness (QED) is 0.612. The molecular formula is C16H24N4O4S. The molecule has 2 unspecified atom stereocenters. The van der Waals surface area contributed by atoms with Gasteiger partial charge in [0.15, 0.2) is 0 Å². The van der Waals surface area contributed by atoms with Gasteiger partial charge in [0.2, 0.25) is 15.9 Å². The minimum absolute atomic E-state index is 0.0447. The van der Waals surface area contributed by atoms with Crippen LogP contribution in [0.1, 0.15) is 30.6 Å². The van der Waals surface area contributed by atoms with Crippen LogP contribution in [0.25, 0.3) is 0 Å². The zero-order valence-electron chi connectivity index (χ0n) is 14.5. The van der Waals surface area contributed by atoms with Crippen molar-refractivity contribution in [3.63, 3.8) is 0 Å². The molecule has 1 aromatic rings. The summed E-state index contributed by atoms with van der Waals surface area (Å²) in [5, 5.41) is 8.77. The molecule has 0 radical (unpaired) electrons. The lowest BCUT2D eigenvalue weighted by Gasteiger charge is -2.30. The number of amides is 2. The second-order valence-corrected chi connectivity index (χ2v) is 8.11. The Morgan fingerprint density at radius 3 is 2.60 bits per heavy atom. The Bertz CT molecular complexity index is 763. The summed E-state index contributed by atoms with van der Waals surface area (Å²) in [5.74, 6) is -0.353. The normalized spacial score (nSPS) is 20.6. The van der Waals surface area contributed by atoms with Gasteiger partial charge in [-0.2, -0.15) is 0 Å². The third-order valence-electron chi connectivity index (χ3n) is 4.02. The Morgan fingerprint density at radius 2 is 2.00 bits per heavy atom. The molecule has 1 aromatic carbocycles. The number of benzene rings is 1. The molecule has 1 heterocycles. The predicted octanol–water partition coefficient (Wildman–Crippen LogP) is 0.744. The maximum Gasteiger partial charge on any atom is 0.253 e. The van der Waals surface area contributed by atoms with E-state index < -0.39 is 10.0 Å². The van der Waals surface area contributed by atoms with Crippen molar-refractivity contribution in [1.82, 2.24) is 10.6 Å². The van der Waals surface area contributed by atoms with Crippen molar-refractivity contribution in [2.45, 2.75) is 26.3 Å². The molecule has 1 aliphatic rings. The van der Waals surface area contributed by atoms with Crippen molar-refractivity contribution in [2.24, 2.45) is 5.92 Å². The molecule has 4 N–H and O–H groups in total. The molecular weight excluding hydrogens is 344 g/mol. The molecule has 2 amide bonds. The van der Waals surface area contributed by atoms with Gasteiger partial charge in [0.25, 0.3) is 5.91 Å². The minimum Gasteiger partial charge on any atom is -0.348 e. The first-order valence-electron chi connectivity index (χ1n) is 8.06. The highest BCUT2D eigenvalue weighted by Crippen LogP contribution is 2.23. The van der Waals surface area contributed by atoms with Crippen LogP contribution in [-0.4, -0.2) is 45.6 Å².